The van der Waals surface area contributed by atoms with Crippen LogP contribution in [-0.2, 0) is 0 Å². The number of hydrogen-bond donors (Lipinski definition) is 2. The first-order chi connectivity index (χ1) is 13.7. The predicted octanol–water partition coefficient (Wildman–Crippen LogP) is 3.31. The number of hydrogen-bond acceptors (Lipinski definition) is 6. The highest BCUT2D eigenvalue weighted by molar-refractivity contribution is 5.71. The number of H-pyrrole nitrogens is 1. The van der Waals surface area contributed by atoms with E-state index in [0.717, 1.165) is 22.4 Å². The molecule has 0 fully saturated rings. The van der Waals surface area contributed by atoms with Gasteiger partial charge in [0.15, 0.2) is 0 Å². The number of fused-ring (bicyclic) bond motifs is 1. The van der Waals surface area contributed by atoms with Crippen molar-refractivity contribution in [1.82, 2.24) is 10.2 Å². The summed E-state index contributed by atoms with van der Waals surface area (Å²) >= 11 is 0. The quantitative estimate of drug-likeness (QED) is 0.726. The van der Waals surface area contributed by atoms with Crippen molar-refractivity contribution in [3.05, 3.63) is 71.1 Å². The number of ether oxygens (including phenoxy) is 3. The summed E-state index contributed by atoms with van der Waals surface area (Å²) in [6, 6.07) is 17.4. The maximum absolute atomic E-state index is 9.84. The molecule has 28 heavy (non-hydrogen) atoms. The van der Waals surface area contributed by atoms with Gasteiger partial charge in [-0.3, -0.25) is 5.10 Å². The normalized spacial score (nSPS) is 15.4. The van der Waals surface area contributed by atoms with Crippen molar-refractivity contribution in [2.24, 2.45) is 5.73 Å². The number of nitriles is 1. The van der Waals surface area contributed by atoms with Crippen LogP contribution in [0.4, 0.5) is 0 Å². The van der Waals surface area contributed by atoms with Crippen LogP contribution in [0, 0.1) is 11.3 Å². The molecule has 0 aliphatic carbocycles. The Morgan fingerprint density at radius 1 is 1.14 bits per heavy atom. The second-order valence-electron chi connectivity index (χ2n) is 6.22. The van der Waals surface area contributed by atoms with E-state index in [4.69, 9.17) is 19.9 Å². The molecule has 4 rings (SSSR count). The maximum Gasteiger partial charge on any atom is 0.244 e. The van der Waals surface area contributed by atoms with Crippen molar-refractivity contribution < 1.29 is 14.2 Å². The van der Waals surface area contributed by atoms with Crippen LogP contribution in [0.25, 0.3) is 11.3 Å². The molecule has 2 aromatic carbocycles. The molecule has 1 aliphatic rings. The number of methoxy groups -OCH3 is 2. The van der Waals surface area contributed by atoms with E-state index in [1.165, 1.54) is 0 Å². The van der Waals surface area contributed by atoms with Crippen LogP contribution in [0.1, 0.15) is 17.0 Å². The molecular formula is C21H18N4O3. The predicted molar refractivity (Wildman–Crippen MR) is 103 cm³/mol. The summed E-state index contributed by atoms with van der Waals surface area (Å²) in [6.07, 6.45) is 0. The minimum Gasteiger partial charge on any atom is -0.497 e. The van der Waals surface area contributed by atoms with Gasteiger partial charge in [-0.2, -0.15) is 5.26 Å². The number of nitrogens with zero attached hydrogens (tertiary/aromatic N) is 2. The molecule has 2 heterocycles. The van der Waals surface area contributed by atoms with Crippen LogP contribution in [0.3, 0.4) is 0 Å². The number of rotatable bonds is 4. The molecule has 0 spiro atoms. The highest BCUT2D eigenvalue weighted by Gasteiger charge is 2.37. The summed E-state index contributed by atoms with van der Waals surface area (Å²) in [6.45, 7) is 0. The molecule has 1 aromatic heterocycles. The monoisotopic (exact) mass is 374 g/mol. The second kappa shape index (κ2) is 7.00. The fourth-order valence-corrected chi connectivity index (χ4v) is 3.45. The molecule has 0 amide bonds. The average molecular weight is 374 g/mol. The molecule has 1 unspecified atom stereocenters. The van der Waals surface area contributed by atoms with Gasteiger partial charge in [0.1, 0.15) is 23.1 Å². The highest BCUT2D eigenvalue weighted by atomic mass is 16.5. The molecule has 7 heteroatoms. The van der Waals surface area contributed by atoms with E-state index in [1.54, 1.807) is 26.4 Å². The Bertz CT molecular complexity index is 1100. The van der Waals surface area contributed by atoms with Crippen molar-refractivity contribution in [2.75, 3.05) is 14.2 Å². The van der Waals surface area contributed by atoms with E-state index in [0.29, 0.717) is 17.4 Å². The Kier molecular flexibility index (Phi) is 4.38. The number of benzene rings is 2. The third-order valence-electron chi connectivity index (χ3n) is 4.75. The SMILES string of the molecule is COc1ccc(OC)c(C2C(C#N)=C(N)Oc3n[nH]c(-c4ccccc4)c32)c1. The van der Waals surface area contributed by atoms with Gasteiger partial charge in [0.05, 0.1) is 31.4 Å². The summed E-state index contributed by atoms with van der Waals surface area (Å²) in [7, 11) is 3.17. The Labute approximate surface area is 162 Å². The van der Waals surface area contributed by atoms with Gasteiger partial charge >= 0.3 is 0 Å². The van der Waals surface area contributed by atoms with Crippen molar-refractivity contribution >= 4 is 0 Å². The van der Waals surface area contributed by atoms with Crippen molar-refractivity contribution in [2.45, 2.75) is 5.92 Å². The lowest BCUT2D eigenvalue weighted by Crippen LogP contribution is -2.21. The number of aromatic nitrogens is 2. The number of nitrogens with one attached hydrogen (secondary N) is 1. The smallest absolute Gasteiger partial charge is 0.244 e. The largest absolute Gasteiger partial charge is 0.497 e. The number of allylic oxidation sites excluding steroid dienone is 1. The third kappa shape index (κ3) is 2.72. The first-order valence-corrected chi connectivity index (χ1v) is 8.61. The molecule has 1 atom stereocenters. The van der Waals surface area contributed by atoms with Gasteiger partial charge in [0.25, 0.3) is 0 Å². The van der Waals surface area contributed by atoms with Crippen LogP contribution >= 0.6 is 0 Å². The molecule has 1 aliphatic heterocycles. The van der Waals surface area contributed by atoms with Crippen LogP contribution in [0.5, 0.6) is 17.4 Å². The third-order valence-corrected chi connectivity index (χ3v) is 4.75. The van der Waals surface area contributed by atoms with Crippen molar-refractivity contribution in [3.8, 4) is 34.7 Å². The molecule has 0 bridgehead atoms. The lowest BCUT2D eigenvalue weighted by molar-refractivity contribution is 0.373. The molecule has 3 N–H and O–H groups in total. The molecule has 140 valence electrons. The van der Waals surface area contributed by atoms with Crippen LogP contribution < -0.4 is 19.9 Å². The summed E-state index contributed by atoms with van der Waals surface area (Å²) in [5.74, 6) is 1.10. The van der Waals surface area contributed by atoms with Gasteiger partial charge in [0, 0.05) is 5.56 Å². The molecule has 0 saturated heterocycles. The molecular weight excluding hydrogens is 356 g/mol. The number of aromatic amines is 1. The summed E-state index contributed by atoms with van der Waals surface area (Å²) in [5.41, 5.74) is 9.48. The van der Waals surface area contributed by atoms with Crippen LogP contribution in [0.2, 0.25) is 0 Å². The minimum atomic E-state index is -0.521. The van der Waals surface area contributed by atoms with E-state index in [1.807, 2.05) is 36.4 Å². The van der Waals surface area contributed by atoms with Crippen molar-refractivity contribution in [3.63, 3.8) is 0 Å². The summed E-state index contributed by atoms with van der Waals surface area (Å²) in [4.78, 5) is 0. The van der Waals surface area contributed by atoms with Gasteiger partial charge in [-0.25, -0.2) is 0 Å². The van der Waals surface area contributed by atoms with Gasteiger partial charge in [-0.1, -0.05) is 30.3 Å². The summed E-state index contributed by atoms with van der Waals surface area (Å²) < 4.78 is 16.6. The highest BCUT2D eigenvalue weighted by Crippen LogP contribution is 2.48. The average Bonchev–Trinajstić information content (AvgIpc) is 3.16. The molecule has 0 radical (unpaired) electrons. The Morgan fingerprint density at radius 3 is 2.61 bits per heavy atom. The second-order valence-corrected chi connectivity index (χ2v) is 6.22. The first-order valence-electron chi connectivity index (χ1n) is 8.61. The molecule has 3 aromatic rings. The Balaban J connectivity index is 2.00. The van der Waals surface area contributed by atoms with Gasteiger partial charge in [-0.15, -0.1) is 5.10 Å². The van der Waals surface area contributed by atoms with E-state index in [9.17, 15) is 5.26 Å². The number of nitrogens with two attached hydrogens (primary N) is 1. The fraction of sp³-hybridized carbons (Fsp3) is 0.143. The lowest BCUT2D eigenvalue weighted by Gasteiger charge is -2.25. The minimum absolute atomic E-state index is 0.0241. The zero-order chi connectivity index (χ0) is 19.7. The zero-order valence-electron chi connectivity index (χ0n) is 15.4. The standard InChI is InChI=1S/C21H18N4O3/c1-26-13-8-9-16(27-2)14(10-13)17-15(11-22)20(23)28-21-18(17)19(24-25-21)12-6-4-3-5-7-12/h3-10,17H,23H2,1-2H3,(H,24,25). The lowest BCUT2D eigenvalue weighted by atomic mass is 9.82. The van der Waals surface area contributed by atoms with Gasteiger partial charge < -0.3 is 19.9 Å². The summed E-state index contributed by atoms with van der Waals surface area (Å²) in [5, 5.41) is 17.1. The maximum atomic E-state index is 9.84. The molecule has 0 saturated carbocycles. The van der Waals surface area contributed by atoms with E-state index < -0.39 is 5.92 Å². The van der Waals surface area contributed by atoms with Gasteiger partial charge in [0.2, 0.25) is 11.8 Å². The molecule has 7 nitrogen and oxygen atoms in total. The topological polar surface area (TPSA) is 106 Å². The van der Waals surface area contributed by atoms with E-state index in [2.05, 4.69) is 16.3 Å². The van der Waals surface area contributed by atoms with E-state index >= 15 is 0 Å². The van der Waals surface area contributed by atoms with Crippen molar-refractivity contribution in [1.29, 1.82) is 5.26 Å². The van der Waals surface area contributed by atoms with E-state index in [-0.39, 0.29) is 11.5 Å². The Hall–Kier alpha value is -3.92. The van der Waals surface area contributed by atoms with Crippen LogP contribution in [-0.4, -0.2) is 24.4 Å². The Morgan fingerprint density at radius 2 is 1.93 bits per heavy atom. The first kappa shape index (κ1) is 17.5. The fourth-order valence-electron chi connectivity index (χ4n) is 3.45. The van der Waals surface area contributed by atoms with Gasteiger partial charge in [-0.05, 0) is 23.8 Å². The van der Waals surface area contributed by atoms with Crippen LogP contribution in [0.15, 0.2) is 60.0 Å². The zero-order valence-corrected chi connectivity index (χ0v) is 15.4.